The molecule has 1 atom stereocenters. The summed E-state index contributed by atoms with van der Waals surface area (Å²) < 4.78 is 7.42. The molecule has 0 bridgehead atoms. The molecular weight excluding hydrogens is 216 g/mol. The number of nitrogens with zero attached hydrogens (tertiary/aromatic N) is 2. The zero-order chi connectivity index (χ0) is 12.3. The topological polar surface area (TPSA) is 47.3 Å². The van der Waals surface area contributed by atoms with E-state index < -0.39 is 6.10 Å². The molecule has 0 saturated heterocycles. The smallest absolute Gasteiger partial charge is 0.125 e. The van der Waals surface area contributed by atoms with Crippen molar-refractivity contribution < 1.29 is 9.84 Å². The number of benzene rings is 1. The molecule has 1 N–H and O–H groups in total. The lowest BCUT2D eigenvalue weighted by molar-refractivity contribution is 0.190. The van der Waals surface area contributed by atoms with Gasteiger partial charge in [0, 0.05) is 24.4 Å². The van der Waals surface area contributed by atoms with E-state index in [0.29, 0.717) is 12.4 Å². The molecule has 1 aromatic heterocycles. The van der Waals surface area contributed by atoms with E-state index in [9.17, 15) is 5.11 Å². The molecule has 0 radical (unpaired) electrons. The Morgan fingerprint density at radius 3 is 2.82 bits per heavy atom. The van der Waals surface area contributed by atoms with Crippen LogP contribution in [0.25, 0.3) is 0 Å². The molecule has 0 amide bonds. The SMILES string of the molecule is C[C@H](O)c1ccccc1OCc1cnn(C)c1. The second kappa shape index (κ2) is 5.01. The summed E-state index contributed by atoms with van der Waals surface area (Å²) in [5.41, 5.74) is 1.81. The molecule has 90 valence electrons. The van der Waals surface area contributed by atoms with Gasteiger partial charge in [-0.25, -0.2) is 0 Å². The Hall–Kier alpha value is -1.81. The third kappa shape index (κ3) is 2.85. The van der Waals surface area contributed by atoms with Crippen LogP contribution in [0.1, 0.15) is 24.2 Å². The van der Waals surface area contributed by atoms with Gasteiger partial charge in [0.05, 0.1) is 12.3 Å². The molecule has 0 aliphatic carbocycles. The number of hydrogen-bond acceptors (Lipinski definition) is 3. The first kappa shape index (κ1) is 11.7. The van der Waals surface area contributed by atoms with E-state index >= 15 is 0 Å². The first-order valence-corrected chi connectivity index (χ1v) is 5.54. The quantitative estimate of drug-likeness (QED) is 0.877. The second-order valence-corrected chi connectivity index (χ2v) is 4.02. The van der Waals surface area contributed by atoms with E-state index in [0.717, 1.165) is 11.1 Å². The highest BCUT2D eigenvalue weighted by atomic mass is 16.5. The Labute approximate surface area is 100 Å². The Bertz CT molecular complexity index is 492. The Morgan fingerprint density at radius 2 is 2.18 bits per heavy atom. The summed E-state index contributed by atoms with van der Waals surface area (Å²) in [7, 11) is 1.87. The highest BCUT2D eigenvalue weighted by Crippen LogP contribution is 2.25. The molecule has 4 heteroatoms. The molecule has 1 aromatic carbocycles. The van der Waals surface area contributed by atoms with Crippen LogP contribution in [0.3, 0.4) is 0 Å². The van der Waals surface area contributed by atoms with Gasteiger partial charge in [-0.15, -0.1) is 0 Å². The Balaban J connectivity index is 2.08. The van der Waals surface area contributed by atoms with E-state index in [1.807, 2.05) is 37.5 Å². The molecule has 0 spiro atoms. The van der Waals surface area contributed by atoms with E-state index in [1.165, 1.54) is 0 Å². The molecule has 4 nitrogen and oxygen atoms in total. The maximum absolute atomic E-state index is 9.61. The molecule has 0 aliphatic rings. The average Bonchev–Trinajstić information content (AvgIpc) is 2.73. The third-order valence-corrected chi connectivity index (χ3v) is 2.52. The first-order chi connectivity index (χ1) is 8.16. The van der Waals surface area contributed by atoms with Gasteiger partial charge in [0.25, 0.3) is 0 Å². The molecular formula is C13H16N2O2. The van der Waals surface area contributed by atoms with Crippen molar-refractivity contribution in [1.82, 2.24) is 9.78 Å². The second-order valence-electron chi connectivity index (χ2n) is 4.02. The maximum Gasteiger partial charge on any atom is 0.125 e. The summed E-state index contributed by atoms with van der Waals surface area (Å²) >= 11 is 0. The monoisotopic (exact) mass is 232 g/mol. The predicted octanol–water partition coefficient (Wildman–Crippen LogP) is 2.05. The molecule has 0 saturated carbocycles. The van der Waals surface area contributed by atoms with Crippen molar-refractivity contribution in [3.63, 3.8) is 0 Å². The van der Waals surface area contributed by atoms with Crippen LogP contribution in [0.2, 0.25) is 0 Å². The van der Waals surface area contributed by atoms with Crippen LogP contribution >= 0.6 is 0 Å². The van der Waals surface area contributed by atoms with Gasteiger partial charge in [-0.2, -0.15) is 5.10 Å². The highest BCUT2D eigenvalue weighted by molar-refractivity contribution is 5.34. The molecule has 2 aromatic rings. The summed E-state index contributed by atoms with van der Waals surface area (Å²) in [5.74, 6) is 0.714. The van der Waals surface area contributed by atoms with Gasteiger partial charge in [0.1, 0.15) is 12.4 Å². The van der Waals surface area contributed by atoms with Gasteiger partial charge in [0.15, 0.2) is 0 Å². The van der Waals surface area contributed by atoms with Crippen LogP contribution in [0.15, 0.2) is 36.7 Å². The fraction of sp³-hybridized carbons (Fsp3) is 0.308. The van der Waals surface area contributed by atoms with Crippen molar-refractivity contribution in [2.45, 2.75) is 19.6 Å². The third-order valence-electron chi connectivity index (χ3n) is 2.52. The van der Waals surface area contributed by atoms with Crippen molar-refractivity contribution in [2.24, 2.45) is 7.05 Å². The summed E-state index contributed by atoms with van der Waals surface area (Å²) in [5, 5.41) is 13.7. The van der Waals surface area contributed by atoms with Crippen molar-refractivity contribution in [1.29, 1.82) is 0 Å². The van der Waals surface area contributed by atoms with Gasteiger partial charge in [-0.3, -0.25) is 4.68 Å². The maximum atomic E-state index is 9.61. The van der Waals surface area contributed by atoms with Crippen molar-refractivity contribution >= 4 is 0 Å². The number of para-hydroxylation sites is 1. The molecule has 1 heterocycles. The largest absolute Gasteiger partial charge is 0.488 e. The number of hydrogen-bond donors (Lipinski definition) is 1. The van der Waals surface area contributed by atoms with Gasteiger partial charge in [-0.1, -0.05) is 18.2 Å². The zero-order valence-corrected chi connectivity index (χ0v) is 10.00. The van der Waals surface area contributed by atoms with E-state index in [2.05, 4.69) is 5.10 Å². The number of ether oxygens (including phenoxy) is 1. The van der Waals surface area contributed by atoms with Gasteiger partial charge < -0.3 is 9.84 Å². The molecule has 2 rings (SSSR count). The lowest BCUT2D eigenvalue weighted by atomic mass is 10.1. The molecule has 0 unspecified atom stereocenters. The fourth-order valence-electron chi connectivity index (χ4n) is 1.66. The van der Waals surface area contributed by atoms with Crippen LogP contribution in [0.5, 0.6) is 5.75 Å². The van der Waals surface area contributed by atoms with E-state index in [4.69, 9.17) is 4.74 Å². The van der Waals surface area contributed by atoms with Crippen LogP contribution in [-0.4, -0.2) is 14.9 Å². The van der Waals surface area contributed by atoms with Gasteiger partial charge >= 0.3 is 0 Å². The van der Waals surface area contributed by atoms with Crippen molar-refractivity contribution in [3.05, 3.63) is 47.8 Å². The summed E-state index contributed by atoms with van der Waals surface area (Å²) in [6.45, 7) is 2.18. The van der Waals surface area contributed by atoms with E-state index in [1.54, 1.807) is 17.8 Å². The summed E-state index contributed by atoms with van der Waals surface area (Å²) in [4.78, 5) is 0. The number of rotatable bonds is 4. The molecule has 17 heavy (non-hydrogen) atoms. The van der Waals surface area contributed by atoms with Gasteiger partial charge in [-0.05, 0) is 13.0 Å². The molecule has 0 aliphatic heterocycles. The minimum absolute atomic E-state index is 0.456. The van der Waals surface area contributed by atoms with Gasteiger partial charge in [0.2, 0.25) is 0 Å². The van der Waals surface area contributed by atoms with E-state index in [-0.39, 0.29) is 0 Å². The molecule has 0 fully saturated rings. The van der Waals surface area contributed by atoms with Crippen molar-refractivity contribution in [3.8, 4) is 5.75 Å². The fourth-order valence-corrected chi connectivity index (χ4v) is 1.66. The Morgan fingerprint density at radius 1 is 1.41 bits per heavy atom. The first-order valence-electron chi connectivity index (χ1n) is 5.54. The summed E-state index contributed by atoms with van der Waals surface area (Å²) in [6.07, 6.45) is 3.15. The van der Waals surface area contributed by atoms with Crippen LogP contribution in [0.4, 0.5) is 0 Å². The standard InChI is InChI=1S/C13H16N2O2/c1-10(16)12-5-3-4-6-13(12)17-9-11-7-14-15(2)8-11/h3-8,10,16H,9H2,1-2H3/t10-/m0/s1. The van der Waals surface area contributed by atoms with Crippen molar-refractivity contribution in [2.75, 3.05) is 0 Å². The number of aryl methyl sites for hydroxylation is 1. The predicted molar refractivity (Wildman–Crippen MR) is 64.6 cm³/mol. The number of aliphatic hydroxyl groups is 1. The lowest BCUT2D eigenvalue weighted by Crippen LogP contribution is -2.00. The summed E-state index contributed by atoms with van der Waals surface area (Å²) in [6, 6.07) is 7.51. The average molecular weight is 232 g/mol. The normalized spacial score (nSPS) is 12.4. The number of aliphatic hydroxyl groups excluding tert-OH is 1. The lowest BCUT2D eigenvalue weighted by Gasteiger charge is -2.12. The zero-order valence-electron chi connectivity index (χ0n) is 10.00. The minimum atomic E-state index is -0.528. The van der Waals surface area contributed by atoms with Crippen LogP contribution < -0.4 is 4.74 Å². The number of aromatic nitrogens is 2. The van der Waals surface area contributed by atoms with Crippen LogP contribution in [0, 0.1) is 0 Å². The van der Waals surface area contributed by atoms with Crippen LogP contribution in [-0.2, 0) is 13.7 Å². The highest BCUT2D eigenvalue weighted by Gasteiger charge is 2.08. The Kier molecular flexibility index (Phi) is 3.44. The minimum Gasteiger partial charge on any atom is -0.488 e.